The molecule has 6 nitrogen and oxygen atoms in total. The van der Waals surface area contributed by atoms with E-state index in [1.807, 2.05) is 24.5 Å². The normalized spacial score (nSPS) is 30.4. The van der Waals surface area contributed by atoms with Crippen molar-refractivity contribution >= 4 is 0 Å². The Morgan fingerprint density at radius 1 is 1.38 bits per heavy atom. The molecule has 3 atom stereocenters. The first-order chi connectivity index (χ1) is 11.7. The molecule has 2 fully saturated rings. The highest BCUT2D eigenvalue weighted by Gasteiger charge is 2.50. The fraction of sp³-hybridized carbons (Fsp3) is 0.556. The number of hydrogen-bond donors (Lipinski definition) is 1. The summed E-state index contributed by atoms with van der Waals surface area (Å²) in [6.45, 7) is 1.76. The molecule has 2 aromatic heterocycles. The Morgan fingerprint density at radius 3 is 2.92 bits per heavy atom. The summed E-state index contributed by atoms with van der Waals surface area (Å²) in [5.41, 5.74) is 0.964. The minimum atomic E-state index is -0.226. The van der Waals surface area contributed by atoms with Crippen molar-refractivity contribution in [3.05, 3.63) is 36.4 Å². The van der Waals surface area contributed by atoms with Gasteiger partial charge in [-0.15, -0.1) is 0 Å². The molecule has 4 rings (SSSR count). The van der Waals surface area contributed by atoms with Crippen LogP contribution in [-0.2, 0) is 11.3 Å². The third-order valence-corrected chi connectivity index (χ3v) is 5.51. The first-order valence-electron chi connectivity index (χ1n) is 8.52. The largest absolute Gasteiger partial charge is 0.461 e. The van der Waals surface area contributed by atoms with Crippen molar-refractivity contribution < 1.29 is 14.3 Å². The van der Waals surface area contributed by atoms with E-state index >= 15 is 0 Å². The Morgan fingerprint density at radius 2 is 2.21 bits per heavy atom. The topological polar surface area (TPSA) is 71.6 Å². The van der Waals surface area contributed by atoms with Gasteiger partial charge >= 0.3 is 0 Å². The van der Waals surface area contributed by atoms with Gasteiger partial charge in [-0.05, 0) is 37.8 Å². The van der Waals surface area contributed by atoms with Crippen molar-refractivity contribution in [1.82, 2.24) is 14.9 Å². The molecular formula is C18H23N3O3. The van der Waals surface area contributed by atoms with Crippen molar-refractivity contribution in [2.75, 3.05) is 13.7 Å². The van der Waals surface area contributed by atoms with Crippen molar-refractivity contribution in [3.63, 3.8) is 0 Å². The van der Waals surface area contributed by atoms with Crippen LogP contribution in [-0.4, -0.2) is 51.4 Å². The minimum absolute atomic E-state index is 0.103. The highest BCUT2D eigenvalue weighted by molar-refractivity contribution is 5.45. The summed E-state index contributed by atoms with van der Waals surface area (Å²) >= 11 is 0. The molecule has 0 spiro atoms. The third kappa shape index (κ3) is 2.75. The Balaban J connectivity index is 1.49. The van der Waals surface area contributed by atoms with Crippen LogP contribution in [0.15, 0.2) is 35.2 Å². The van der Waals surface area contributed by atoms with E-state index in [-0.39, 0.29) is 17.7 Å². The minimum Gasteiger partial charge on any atom is -0.461 e. The van der Waals surface area contributed by atoms with Crippen LogP contribution in [0.2, 0.25) is 0 Å². The zero-order valence-corrected chi connectivity index (χ0v) is 13.9. The van der Waals surface area contributed by atoms with Gasteiger partial charge in [-0.2, -0.15) is 0 Å². The standard InChI is InChI=1S/C18H23N3O3/c1-23-18-5-4-14(22)9-16(18)21(7-6-18)12-13-10-19-17(20-11-13)15-3-2-8-24-15/h2-3,8,10-11,14,16,22H,4-7,9,12H2,1H3/t14-,16+,18-/m0/s1. The van der Waals surface area contributed by atoms with Crippen LogP contribution >= 0.6 is 0 Å². The number of furan rings is 1. The van der Waals surface area contributed by atoms with Crippen LogP contribution in [0, 0.1) is 0 Å². The highest BCUT2D eigenvalue weighted by atomic mass is 16.5. The molecule has 2 aromatic rings. The van der Waals surface area contributed by atoms with E-state index in [2.05, 4.69) is 14.9 Å². The summed E-state index contributed by atoms with van der Waals surface area (Å²) in [6.07, 6.45) is 8.67. The average molecular weight is 329 g/mol. The van der Waals surface area contributed by atoms with Gasteiger partial charge in [0, 0.05) is 44.2 Å². The van der Waals surface area contributed by atoms with Crippen LogP contribution < -0.4 is 0 Å². The molecule has 2 aliphatic rings. The lowest BCUT2D eigenvalue weighted by atomic mass is 9.79. The van der Waals surface area contributed by atoms with E-state index in [0.29, 0.717) is 11.6 Å². The molecule has 128 valence electrons. The number of aromatic nitrogens is 2. The number of ether oxygens (including phenoxy) is 1. The maximum atomic E-state index is 10.1. The Kier molecular flexibility index (Phi) is 4.12. The molecule has 0 radical (unpaired) electrons. The molecule has 1 saturated heterocycles. The number of nitrogens with zero attached hydrogens (tertiary/aromatic N) is 3. The molecule has 1 aliphatic carbocycles. The van der Waals surface area contributed by atoms with Gasteiger partial charge in [0.2, 0.25) is 0 Å². The van der Waals surface area contributed by atoms with E-state index in [1.54, 1.807) is 13.4 Å². The van der Waals surface area contributed by atoms with Gasteiger partial charge < -0.3 is 14.3 Å². The van der Waals surface area contributed by atoms with Crippen LogP contribution in [0.1, 0.15) is 31.2 Å². The predicted octanol–water partition coefficient (Wildman–Crippen LogP) is 2.24. The number of hydrogen-bond acceptors (Lipinski definition) is 6. The molecule has 3 heterocycles. The first-order valence-corrected chi connectivity index (χ1v) is 8.52. The number of fused-ring (bicyclic) bond motifs is 1. The second-order valence-corrected chi connectivity index (χ2v) is 6.83. The van der Waals surface area contributed by atoms with Gasteiger partial charge in [0.15, 0.2) is 11.6 Å². The average Bonchev–Trinajstić information content (AvgIpc) is 3.25. The zero-order chi connectivity index (χ0) is 16.6. The van der Waals surface area contributed by atoms with Gasteiger partial charge in [0.25, 0.3) is 0 Å². The molecule has 1 saturated carbocycles. The van der Waals surface area contributed by atoms with Gasteiger partial charge in [0.05, 0.1) is 18.0 Å². The Labute approximate surface area is 141 Å². The molecule has 0 amide bonds. The quantitative estimate of drug-likeness (QED) is 0.927. The smallest absolute Gasteiger partial charge is 0.195 e. The van der Waals surface area contributed by atoms with Gasteiger partial charge in [-0.25, -0.2) is 9.97 Å². The Bertz CT molecular complexity index is 673. The van der Waals surface area contributed by atoms with Gasteiger partial charge in [-0.1, -0.05) is 0 Å². The monoisotopic (exact) mass is 329 g/mol. The van der Waals surface area contributed by atoms with Crippen LogP contribution in [0.25, 0.3) is 11.6 Å². The molecule has 1 aliphatic heterocycles. The number of aliphatic hydroxyl groups is 1. The summed E-state index contributed by atoms with van der Waals surface area (Å²) in [4.78, 5) is 11.2. The molecule has 0 aromatic carbocycles. The second-order valence-electron chi connectivity index (χ2n) is 6.83. The maximum absolute atomic E-state index is 10.1. The van der Waals surface area contributed by atoms with Crippen molar-refractivity contribution in [1.29, 1.82) is 0 Å². The lowest BCUT2D eigenvalue weighted by molar-refractivity contribution is -0.0879. The zero-order valence-electron chi connectivity index (χ0n) is 13.9. The van der Waals surface area contributed by atoms with Crippen LogP contribution in [0.5, 0.6) is 0 Å². The summed E-state index contributed by atoms with van der Waals surface area (Å²) in [5, 5.41) is 10.1. The first kappa shape index (κ1) is 15.7. The molecule has 0 unspecified atom stereocenters. The van der Waals surface area contributed by atoms with E-state index in [1.165, 1.54) is 0 Å². The fourth-order valence-corrected chi connectivity index (χ4v) is 4.16. The lowest BCUT2D eigenvalue weighted by Gasteiger charge is -2.42. The maximum Gasteiger partial charge on any atom is 0.195 e. The molecule has 24 heavy (non-hydrogen) atoms. The number of likely N-dealkylation sites (tertiary alicyclic amines) is 1. The van der Waals surface area contributed by atoms with Gasteiger partial charge in [-0.3, -0.25) is 4.90 Å². The van der Waals surface area contributed by atoms with E-state index in [4.69, 9.17) is 9.15 Å². The third-order valence-electron chi connectivity index (χ3n) is 5.51. The molecule has 1 N–H and O–H groups in total. The predicted molar refractivity (Wildman–Crippen MR) is 88.1 cm³/mol. The van der Waals surface area contributed by atoms with Gasteiger partial charge in [0.1, 0.15) is 0 Å². The molecule has 0 bridgehead atoms. The van der Waals surface area contributed by atoms with Crippen LogP contribution in [0.4, 0.5) is 0 Å². The number of methoxy groups -OCH3 is 1. The Hall–Kier alpha value is -1.76. The summed E-state index contributed by atoms with van der Waals surface area (Å²) in [6, 6.07) is 3.94. The highest BCUT2D eigenvalue weighted by Crippen LogP contribution is 2.42. The summed E-state index contributed by atoms with van der Waals surface area (Å²) in [5.74, 6) is 1.28. The van der Waals surface area contributed by atoms with E-state index < -0.39 is 0 Å². The fourth-order valence-electron chi connectivity index (χ4n) is 4.16. The van der Waals surface area contributed by atoms with Crippen molar-refractivity contribution in [3.8, 4) is 11.6 Å². The summed E-state index contributed by atoms with van der Waals surface area (Å²) in [7, 11) is 1.80. The second kappa shape index (κ2) is 6.27. The van der Waals surface area contributed by atoms with E-state index in [0.717, 1.165) is 44.3 Å². The molecular weight excluding hydrogens is 306 g/mol. The number of aliphatic hydroxyl groups excluding tert-OH is 1. The van der Waals surface area contributed by atoms with E-state index in [9.17, 15) is 5.11 Å². The van der Waals surface area contributed by atoms with Crippen molar-refractivity contribution in [2.24, 2.45) is 0 Å². The molecule has 6 heteroatoms. The SMILES string of the molecule is CO[C@]12CC[C@H](O)C[C@H]1N(Cc1cnc(-c3ccco3)nc1)CC2. The lowest BCUT2D eigenvalue weighted by Crippen LogP contribution is -2.51. The number of rotatable bonds is 4. The van der Waals surface area contributed by atoms with Crippen molar-refractivity contribution in [2.45, 2.75) is 50.0 Å². The summed E-state index contributed by atoms with van der Waals surface area (Å²) < 4.78 is 11.2. The van der Waals surface area contributed by atoms with Crippen LogP contribution in [0.3, 0.4) is 0 Å².